The van der Waals surface area contributed by atoms with Crippen molar-refractivity contribution < 1.29 is 25.2 Å². The van der Waals surface area contributed by atoms with Crippen molar-refractivity contribution in [3.05, 3.63) is 0 Å². The standard InChI is InChI=1S/C5H11NO5/c6-3(5(10)11)4(9)2(8)1-7/h2-4,7-9H,1,6H2,(H,10,11). The predicted molar refractivity (Wildman–Crippen MR) is 34.7 cm³/mol. The van der Waals surface area contributed by atoms with E-state index in [4.69, 9.17) is 26.2 Å². The monoisotopic (exact) mass is 165 g/mol. The maximum absolute atomic E-state index is 10.1. The van der Waals surface area contributed by atoms with Gasteiger partial charge in [-0.05, 0) is 0 Å². The molecule has 6 N–H and O–H groups in total. The molecule has 0 radical (unpaired) electrons. The van der Waals surface area contributed by atoms with Gasteiger partial charge in [0.2, 0.25) is 0 Å². The van der Waals surface area contributed by atoms with Crippen LogP contribution in [-0.2, 0) is 4.79 Å². The van der Waals surface area contributed by atoms with E-state index in [0.29, 0.717) is 0 Å². The van der Waals surface area contributed by atoms with Crippen molar-refractivity contribution in [2.45, 2.75) is 18.2 Å². The Bertz CT molecular complexity index is 139. The Balaban J connectivity index is 4.00. The number of carbonyl (C=O) groups is 1. The summed E-state index contributed by atoms with van der Waals surface area (Å²) in [6, 6.07) is -1.57. The maximum atomic E-state index is 10.1. The Labute approximate surface area is 62.9 Å². The number of aliphatic hydroxyl groups excluding tert-OH is 3. The zero-order valence-electron chi connectivity index (χ0n) is 5.71. The number of hydrogen-bond acceptors (Lipinski definition) is 5. The fourth-order valence-electron chi connectivity index (χ4n) is 0.493. The van der Waals surface area contributed by atoms with Gasteiger partial charge in [-0.3, -0.25) is 4.79 Å². The predicted octanol–water partition coefficient (Wildman–Crippen LogP) is -2.89. The van der Waals surface area contributed by atoms with Gasteiger partial charge in [-0.1, -0.05) is 0 Å². The molecule has 0 aromatic heterocycles. The molecule has 3 atom stereocenters. The van der Waals surface area contributed by atoms with Crippen molar-refractivity contribution in [2.75, 3.05) is 6.61 Å². The van der Waals surface area contributed by atoms with Crippen LogP contribution in [0.3, 0.4) is 0 Å². The Kier molecular flexibility index (Phi) is 3.98. The summed E-state index contributed by atoms with van der Waals surface area (Å²) in [4.78, 5) is 10.1. The summed E-state index contributed by atoms with van der Waals surface area (Å²) >= 11 is 0. The van der Waals surface area contributed by atoms with Gasteiger partial charge in [-0.25, -0.2) is 0 Å². The second kappa shape index (κ2) is 4.24. The number of hydrogen-bond donors (Lipinski definition) is 5. The fraction of sp³-hybridized carbons (Fsp3) is 0.800. The van der Waals surface area contributed by atoms with Crippen molar-refractivity contribution in [3.8, 4) is 0 Å². The van der Waals surface area contributed by atoms with E-state index in [-0.39, 0.29) is 0 Å². The Morgan fingerprint density at radius 2 is 1.91 bits per heavy atom. The molecule has 11 heavy (non-hydrogen) atoms. The van der Waals surface area contributed by atoms with Crippen LogP contribution in [0.4, 0.5) is 0 Å². The van der Waals surface area contributed by atoms with Crippen LogP contribution >= 0.6 is 0 Å². The van der Waals surface area contributed by atoms with Gasteiger partial charge in [-0.2, -0.15) is 0 Å². The lowest BCUT2D eigenvalue weighted by atomic mass is 10.1. The first-order valence-corrected chi connectivity index (χ1v) is 2.96. The molecule has 0 rings (SSSR count). The van der Waals surface area contributed by atoms with Crippen molar-refractivity contribution in [3.63, 3.8) is 0 Å². The highest BCUT2D eigenvalue weighted by atomic mass is 16.4. The first kappa shape index (κ1) is 10.3. The quantitative estimate of drug-likeness (QED) is 0.304. The van der Waals surface area contributed by atoms with Gasteiger partial charge in [0.15, 0.2) is 0 Å². The second-order valence-electron chi connectivity index (χ2n) is 2.10. The van der Waals surface area contributed by atoms with Crippen LogP contribution in [0.5, 0.6) is 0 Å². The summed E-state index contributed by atoms with van der Waals surface area (Å²) in [5.41, 5.74) is 4.92. The molecule has 0 spiro atoms. The second-order valence-corrected chi connectivity index (χ2v) is 2.10. The number of rotatable bonds is 4. The molecule has 66 valence electrons. The van der Waals surface area contributed by atoms with Crippen LogP contribution in [0.1, 0.15) is 0 Å². The average Bonchev–Trinajstić information content (AvgIpc) is 2.00. The number of aliphatic carboxylic acids is 1. The minimum atomic E-state index is -1.64. The van der Waals surface area contributed by atoms with Crippen LogP contribution in [0.25, 0.3) is 0 Å². The van der Waals surface area contributed by atoms with Crippen LogP contribution in [-0.4, -0.2) is 51.3 Å². The van der Waals surface area contributed by atoms with Crippen molar-refractivity contribution in [2.24, 2.45) is 5.73 Å². The molecule has 3 unspecified atom stereocenters. The summed E-state index contributed by atoms with van der Waals surface area (Å²) in [6.07, 6.45) is -3.15. The molecule has 0 aromatic carbocycles. The number of aliphatic hydroxyl groups is 3. The van der Waals surface area contributed by atoms with E-state index in [0.717, 1.165) is 0 Å². The van der Waals surface area contributed by atoms with E-state index in [1.54, 1.807) is 0 Å². The highest BCUT2D eigenvalue weighted by molar-refractivity contribution is 5.73. The van der Waals surface area contributed by atoms with Gasteiger partial charge in [0.25, 0.3) is 0 Å². The molecule has 0 bridgehead atoms. The molecule has 0 saturated heterocycles. The van der Waals surface area contributed by atoms with Crippen LogP contribution in [0.15, 0.2) is 0 Å². The normalized spacial score (nSPS) is 18.9. The first-order valence-electron chi connectivity index (χ1n) is 2.96. The van der Waals surface area contributed by atoms with Crippen molar-refractivity contribution in [1.82, 2.24) is 0 Å². The third-order valence-corrected chi connectivity index (χ3v) is 1.23. The third kappa shape index (κ3) is 2.81. The van der Waals surface area contributed by atoms with Crippen LogP contribution in [0.2, 0.25) is 0 Å². The summed E-state index contributed by atoms with van der Waals surface area (Å²) in [6.45, 7) is -0.720. The van der Waals surface area contributed by atoms with Gasteiger partial charge < -0.3 is 26.2 Å². The molecule has 6 nitrogen and oxygen atoms in total. The minimum Gasteiger partial charge on any atom is -0.480 e. The zero-order valence-corrected chi connectivity index (χ0v) is 5.71. The van der Waals surface area contributed by atoms with E-state index in [9.17, 15) is 4.79 Å². The Morgan fingerprint density at radius 3 is 2.18 bits per heavy atom. The highest BCUT2D eigenvalue weighted by Gasteiger charge is 2.27. The molecule has 0 aliphatic heterocycles. The largest absolute Gasteiger partial charge is 0.480 e. The van der Waals surface area contributed by atoms with E-state index in [2.05, 4.69) is 0 Å². The molecular weight excluding hydrogens is 154 g/mol. The van der Waals surface area contributed by atoms with Gasteiger partial charge in [0.05, 0.1) is 6.61 Å². The number of nitrogens with two attached hydrogens (primary N) is 1. The molecule has 0 aromatic rings. The summed E-state index contributed by atoms with van der Waals surface area (Å²) < 4.78 is 0. The van der Waals surface area contributed by atoms with Crippen LogP contribution < -0.4 is 5.73 Å². The van der Waals surface area contributed by atoms with Gasteiger partial charge >= 0.3 is 5.97 Å². The van der Waals surface area contributed by atoms with E-state index < -0.39 is 30.8 Å². The Morgan fingerprint density at radius 1 is 1.45 bits per heavy atom. The summed E-state index contributed by atoms with van der Waals surface area (Å²) in [5, 5.41) is 34.0. The summed E-state index contributed by atoms with van der Waals surface area (Å²) in [7, 11) is 0. The van der Waals surface area contributed by atoms with Crippen molar-refractivity contribution >= 4 is 5.97 Å². The van der Waals surface area contributed by atoms with E-state index in [1.807, 2.05) is 0 Å². The molecule has 0 aliphatic carbocycles. The zero-order chi connectivity index (χ0) is 9.02. The topological polar surface area (TPSA) is 124 Å². The van der Waals surface area contributed by atoms with Gasteiger partial charge in [-0.15, -0.1) is 0 Å². The average molecular weight is 165 g/mol. The molecule has 6 heteroatoms. The minimum absolute atomic E-state index is 0.720. The summed E-state index contributed by atoms with van der Waals surface area (Å²) in [5.74, 6) is -1.43. The van der Waals surface area contributed by atoms with Gasteiger partial charge in [0, 0.05) is 0 Å². The van der Waals surface area contributed by atoms with Crippen LogP contribution in [0, 0.1) is 0 Å². The highest BCUT2D eigenvalue weighted by Crippen LogP contribution is 1.97. The maximum Gasteiger partial charge on any atom is 0.323 e. The first-order chi connectivity index (χ1) is 5.00. The van der Waals surface area contributed by atoms with Gasteiger partial charge in [0.1, 0.15) is 18.2 Å². The van der Waals surface area contributed by atoms with Crippen molar-refractivity contribution in [1.29, 1.82) is 0 Å². The third-order valence-electron chi connectivity index (χ3n) is 1.23. The SMILES string of the molecule is NC(C(=O)O)C(O)C(O)CO. The van der Waals surface area contributed by atoms with E-state index in [1.165, 1.54) is 0 Å². The number of carboxylic acid groups (broad SMARTS) is 1. The number of carboxylic acids is 1. The lowest BCUT2D eigenvalue weighted by molar-refractivity contribution is -0.144. The molecule has 0 heterocycles. The fourth-order valence-corrected chi connectivity index (χ4v) is 0.493. The Hall–Kier alpha value is -0.690. The molecular formula is C5H11NO5. The lowest BCUT2D eigenvalue weighted by Crippen LogP contribution is -2.49. The smallest absolute Gasteiger partial charge is 0.323 e. The molecule has 0 aliphatic rings. The molecule has 0 saturated carbocycles. The molecule has 0 fully saturated rings. The van der Waals surface area contributed by atoms with E-state index >= 15 is 0 Å². The lowest BCUT2D eigenvalue weighted by Gasteiger charge is -2.18. The molecule has 0 amide bonds.